The van der Waals surface area contributed by atoms with E-state index >= 15 is 0 Å². The lowest BCUT2D eigenvalue weighted by molar-refractivity contribution is -0.146. The van der Waals surface area contributed by atoms with Gasteiger partial charge in [0.15, 0.2) is 0 Å². The Bertz CT molecular complexity index is 928. The van der Waals surface area contributed by atoms with Crippen LogP contribution in [0, 0.1) is 47.3 Å². The number of piperidine rings is 2. The van der Waals surface area contributed by atoms with Crippen molar-refractivity contribution >= 4 is 11.9 Å². The number of esters is 2. The molecule has 2 aliphatic carbocycles. The molecular weight excluding hydrogens is 476 g/mol. The van der Waals surface area contributed by atoms with E-state index in [0.717, 1.165) is 51.0 Å². The van der Waals surface area contributed by atoms with Gasteiger partial charge in [0.05, 0.1) is 0 Å². The van der Waals surface area contributed by atoms with Gasteiger partial charge in [-0.15, -0.1) is 0 Å². The van der Waals surface area contributed by atoms with Crippen LogP contribution in [-0.2, 0) is 19.1 Å². The first kappa shape index (κ1) is 29.3. The van der Waals surface area contributed by atoms with Crippen molar-refractivity contribution in [3.05, 3.63) is 23.3 Å². The number of hydrogen-bond acceptors (Lipinski definition) is 6. The summed E-state index contributed by atoms with van der Waals surface area (Å²) >= 11 is 0. The Morgan fingerprint density at radius 2 is 1.26 bits per heavy atom. The van der Waals surface area contributed by atoms with E-state index in [-0.39, 0.29) is 24.1 Å². The topological polar surface area (TPSA) is 59.1 Å². The van der Waals surface area contributed by atoms with E-state index in [0.29, 0.717) is 59.3 Å². The normalized spacial score (nSPS) is 40.5. The predicted octanol–water partition coefficient (Wildman–Crippen LogP) is 5.19. The summed E-state index contributed by atoms with van der Waals surface area (Å²) in [6, 6.07) is 0. The minimum Gasteiger partial charge on any atom is -0.459 e. The molecule has 0 N–H and O–H groups in total. The van der Waals surface area contributed by atoms with Crippen LogP contribution in [0.3, 0.4) is 0 Å². The van der Waals surface area contributed by atoms with Gasteiger partial charge in [-0.3, -0.25) is 0 Å². The van der Waals surface area contributed by atoms with Gasteiger partial charge in [-0.25, -0.2) is 9.59 Å². The molecule has 0 bridgehead atoms. The van der Waals surface area contributed by atoms with Crippen molar-refractivity contribution in [2.45, 2.75) is 79.4 Å². The summed E-state index contributed by atoms with van der Waals surface area (Å²) < 4.78 is 12.0. The second kappa shape index (κ2) is 12.2. The molecule has 2 saturated carbocycles. The van der Waals surface area contributed by atoms with Crippen LogP contribution in [0.15, 0.2) is 23.3 Å². The molecule has 214 valence electrons. The first-order chi connectivity index (χ1) is 17.9. The van der Waals surface area contributed by atoms with Crippen LogP contribution in [0.25, 0.3) is 0 Å². The van der Waals surface area contributed by atoms with E-state index in [4.69, 9.17) is 9.47 Å². The van der Waals surface area contributed by atoms with Crippen molar-refractivity contribution in [3.63, 3.8) is 0 Å². The lowest BCUT2D eigenvalue weighted by Gasteiger charge is -2.38. The highest BCUT2D eigenvalue weighted by molar-refractivity contribution is 5.87. The quantitative estimate of drug-likeness (QED) is 0.335. The zero-order valence-electron chi connectivity index (χ0n) is 25.1. The molecule has 0 unspecified atom stereocenters. The molecule has 4 aliphatic rings. The fraction of sp³-hybridized carbons (Fsp3) is 0.812. The summed E-state index contributed by atoms with van der Waals surface area (Å²) in [5.74, 6) is 4.19. The fourth-order valence-corrected chi connectivity index (χ4v) is 8.28. The van der Waals surface area contributed by atoms with Crippen LogP contribution in [0.5, 0.6) is 0 Å². The van der Waals surface area contributed by atoms with Gasteiger partial charge in [0.1, 0.15) is 12.2 Å². The molecule has 0 aromatic heterocycles. The number of allylic oxidation sites excluding steroid dienone is 2. The third-order valence-corrected chi connectivity index (χ3v) is 10.5. The number of ether oxygens (including phenoxy) is 2. The second-order valence-electron chi connectivity index (χ2n) is 13.6. The van der Waals surface area contributed by atoms with Gasteiger partial charge in [0.2, 0.25) is 0 Å². The monoisotopic (exact) mass is 528 g/mol. The van der Waals surface area contributed by atoms with Crippen molar-refractivity contribution in [2.24, 2.45) is 47.3 Å². The van der Waals surface area contributed by atoms with Gasteiger partial charge in [0.25, 0.3) is 0 Å². The summed E-state index contributed by atoms with van der Waals surface area (Å²) in [7, 11) is 4.39. The molecule has 6 heteroatoms. The maximum atomic E-state index is 12.8. The molecule has 10 atom stereocenters. The molecule has 0 spiro atoms. The lowest BCUT2D eigenvalue weighted by atomic mass is 9.79. The summed E-state index contributed by atoms with van der Waals surface area (Å²) in [6.45, 7) is 17.4. The highest BCUT2D eigenvalue weighted by Gasteiger charge is 2.48. The molecule has 2 saturated heterocycles. The number of likely N-dealkylation sites (tertiary alicyclic amines) is 2. The van der Waals surface area contributed by atoms with Crippen LogP contribution in [0.1, 0.15) is 67.2 Å². The van der Waals surface area contributed by atoms with Crippen LogP contribution >= 0.6 is 0 Å². The SMILES string of the molecule is C/C(=C\C(=O)O[C@@H]1C[C@@H]2[C@@H](CN(C)C[C@@H]2C)[C@@H]1C)CC/C=C(\C)C(=O)O[C@@H]1C[C@@H]2[C@@H](CN(C)C[C@@H]2C)[C@@H]1C. The molecule has 0 radical (unpaired) electrons. The molecule has 0 aromatic rings. The van der Waals surface area contributed by atoms with Gasteiger partial charge >= 0.3 is 11.9 Å². The smallest absolute Gasteiger partial charge is 0.333 e. The average Bonchev–Trinajstić information content (AvgIpc) is 3.31. The van der Waals surface area contributed by atoms with Crippen molar-refractivity contribution in [1.82, 2.24) is 9.80 Å². The molecule has 6 nitrogen and oxygen atoms in total. The lowest BCUT2D eigenvalue weighted by Crippen LogP contribution is -2.42. The predicted molar refractivity (Wildman–Crippen MR) is 151 cm³/mol. The second-order valence-corrected chi connectivity index (χ2v) is 13.6. The van der Waals surface area contributed by atoms with E-state index in [1.807, 2.05) is 19.9 Å². The molecule has 2 heterocycles. The number of nitrogens with zero attached hydrogens (tertiary/aromatic N) is 2. The van der Waals surface area contributed by atoms with Crippen molar-refractivity contribution < 1.29 is 19.1 Å². The number of carbonyl (C=O) groups is 2. The third-order valence-electron chi connectivity index (χ3n) is 10.5. The fourth-order valence-electron chi connectivity index (χ4n) is 8.28. The minimum absolute atomic E-state index is 0.0106. The Balaban J connectivity index is 1.22. The summed E-state index contributed by atoms with van der Waals surface area (Å²) in [5.41, 5.74) is 1.64. The molecule has 0 amide bonds. The molecule has 38 heavy (non-hydrogen) atoms. The van der Waals surface area contributed by atoms with Crippen molar-refractivity contribution in [1.29, 1.82) is 0 Å². The van der Waals surface area contributed by atoms with Gasteiger partial charge in [-0.1, -0.05) is 39.3 Å². The molecule has 4 fully saturated rings. The van der Waals surface area contributed by atoms with Crippen molar-refractivity contribution in [3.8, 4) is 0 Å². The van der Waals surface area contributed by atoms with E-state index in [2.05, 4.69) is 51.6 Å². The Kier molecular flexibility index (Phi) is 9.45. The number of fused-ring (bicyclic) bond motifs is 2. The van der Waals surface area contributed by atoms with Gasteiger partial charge in [-0.05, 0) is 101 Å². The Morgan fingerprint density at radius 1 is 0.763 bits per heavy atom. The molecule has 4 rings (SSSR count). The highest BCUT2D eigenvalue weighted by atomic mass is 16.5. The van der Waals surface area contributed by atoms with Crippen LogP contribution in [0.4, 0.5) is 0 Å². The van der Waals surface area contributed by atoms with E-state index in [1.165, 1.54) is 0 Å². The third kappa shape index (κ3) is 6.55. The zero-order valence-corrected chi connectivity index (χ0v) is 25.1. The first-order valence-electron chi connectivity index (χ1n) is 15.1. The number of hydrogen-bond donors (Lipinski definition) is 0. The zero-order chi connectivity index (χ0) is 27.7. The van der Waals surface area contributed by atoms with Crippen LogP contribution in [0.2, 0.25) is 0 Å². The van der Waals surface area contributed by atoms with Crippen molar-refractivity contribution in [2.75, 3.05) is 40.3 Å². The number of rotatable bonds is 7. The Labute approximate surface area is 231 Å². The van der Waals surface area contributed by atoms with Crippen LogP contribution < -0.4 is 0 Å². The summed E-state index contributed by atoms with van der Waals surface area (Å²) in [5, 5.41) is 0. The summed E-state index contributed by atoms with van der Waals surface area (Å²) in [4.78, 5) is 30.4. The molecular formula is C32H52N2O4. The van der Waals surface area contributed by atoms with Gasteiger partial charge in [-0.2, -0.15) is 0 Å². The summed E-state index contributed by atoms with van der Waals surface area (Å²) in [6.07, 6.45) is 7.02. The van der Waals surface area contributed by atoms with E-state index in [9.17, 15) is 9.59 Å². The maximum absolute atomic E-state index is 12.8. The molecule has 2 aliphatic heterocycles. The Hall–Kier alpha value is -1.66. The minimum atomic E-state index is -0.226. The first-order valence-corrected chi connectivity index (χ1v) is 15.1. The van der Waals surface area contributed by atoms with Crippen LogP contribution in [-0.4, -0.2) is 74.2 Å². The standard InChI is InChI=1S/C32H52N2O4/c1-19(12-31(35)37-29-13-25-21(3)15-33(7)17-27(25)23(29)5)10-9-11-20(2)32(36)38-30-14-26-22(4)16-34(8)18-28(26)24(30)6/h11-12,21-30H,9-10,13-18H2,1-8H3/b19-12+,20-11+/t21-,22-,23-,24-,25-,26-,27-,28-,29+,30+/m0/s1. The van der Waals surface area contributed by atoms with Gasteiger partial charge < -0.3 is 19.3 Å². The number of carbonyl (C=O) groups excluding carboxylic acids is 2. The van der Waals surface area contributed by atoms with E-state index in [1.54, 1.807) is 6.08 Å². The van der Waals surface area contributed by atoms with Gasteiger partial charge in [0, 0.05) is 37.8 Å². The highest BCUT2D eigenvalue weighted by Crippen LogP contribution is 2.46. The average molecular weight is 529 g/mol. The van der Waals surface area contributed by atoms with E-state index < -0.39 is 0 Å². The molecule has 0 aromatic carbocycles. The Morgan fingerprint density at radius 3 is 1.79 bits per heavy atom. The maximum Gasteiger partial charge on any atom is 0.333 e. The largest absolute Gasteiger partial charge is 0.459 e.